The zero-order chi connectivity index (χ0) is 19.6. The number of phenols is 1. The summed E-state index contributed by atoms with van der Waals surface area (Å²) in [5, 5.41) is 16.5. The molecule has 0 aromatic heterocycles. The Bertz CT molecular complexity index is 812. The first-order chi connectivity index (χ1) is 13.0. The van der Waals surface area contributed by atoms with Crippen molar-refractivity contribution >= 4 is 29.8 Å². The predicted octanol–water partition coefficient (Wildman–Crippen LogP) is 2.85. The van der Waals surface area contributed by atoms with Crippen LogP contribution in [0, 0.1) is 0 Å². The molecule has 7 nitrogen and oxygen atoms in total. The predicted molar refractivity (Wildman–Crippen MR) is 103 cm³/mol. The summed E-state index contributed by atoms with van der Waals surface area (Å²) in [4.78, 5) is 24.2. The van der Waals surface area contributed by atoms with Gasteiger partial charge in [-0.3, -0.25) is 4.79 Å². The second-order valence-corrected chi connectivity index (χ2v) is 5.98. The summed E-state index contributed by atoms with van der Waals surface area (Å²) in [6.45, 7) is 1.87. The number of aromatic hydroxyl groups is 1. The maximum Gasteiger partial charge on any atom is 0.407 e. The smallest absolute Gasteiger partial charge is 0.407 e. The number of nitrogens with one attached hydrogen (secondary N) is 2. The lowest BCUT2D eigenvalue weighted by molar-refractivity contribution is -0.123. The third-order valence-electron chi connectivity index (χ3n) is 3.53. The van der Waals surface area contributed by atoms with Crippen LogP contribution in [-0.2, 0) is 16.0 Å². The van der Waals surface area contributed by atoms with Crippen molar-refractivity contribution in [2.75, 3.05) is 6.61 Å². The summed E-state index contributed by atoms with van der Waals surface area (Å²) in [5.41, 5.74) is 3.57. The Labute approximate surface area is 162 Å². The lowest BCUT2D eigenvalue weighted by Gasteiger charge is -2.16. The summed E-state index contributed by atoms with van der Waals surface area (Å²) in [6, 6.07) is 12.8. The molecule has 0 fully saturated rings. The van der Waals surface area contributed by atoms with Crippen LogP contribution in [-0.4, -0.2) is 36.0 Å². The molecule has 0 heterocycles. The Morgan fingerprint density at radius 3 is 2.70 bits per heavy atom. The van der Waals surface area contributed by atoms with Crippen LogP contribution in [0.1, 0.15) is 18.1 Å². The molecule has 0 radical (unpaired) electrons. The highest BCUT2D eigenvalue weighted by molar-refractivity contribution is 6.30. The number of alkyl carbamates (subject to hydrolysis) is 1. The van der Waals surface area contributed by atoms with Crippen LogP contribution in [0.5, 0.6) is 5.75 Å². The summed E-state index contributed by atoms with van der Waals surface area (Å²) < 4.78 is 4.85. The van der Waals surface area contributed by atoms with Crippen LogP contribution in [0.2, 0.25) is 5.02 Å². The van der Waals surface area contributed by atoms with Crippen LogP contribution in [0.15, 0.2) is 53.6 Å². The zero-order valence-electron chi connectivity index (χ0n) is 14.7. The summed E-state index contributed by atoms with van der Waals surface area (Å²) in [5.74, 6) is -0.549. The second-order valence-electron chi connectivity index (χ2n) is 5.54. The Balaban J connectivity index is 2.06. The molecule has 0 aliphatic rings. The Kier molecular flexibility index (Phi) is 7.63. The molecule has 1 atom stereocenters. The SMILES string of the molecule is CCOC(=O)N[C@@H](Cc1ccccc1)C(=O)N/N=C\c1cc(Cl)ccc1O. The fraction of sp³-hybridized carbons (Fsp3) is 0.211. The van der Waals surface area contributed by atoms with E-state index >= 15 is 0 Å². The highest BCUT2D eigenvalue weighted by Gasteiger charge is 2.21. The lowest BCUT2D eigenvalue weighted by Crippen LogP contribution is -2.47. The van der Waals surface area contributed by atoms with Crippen molar-refractivity contribution in [2.45, 2.75) is 19.4 Å². The van der Waals surface area contributed by atoms with Crippen molar-refractivity contribution < 1.29 is 19.4 Å². The number of carbonyl (C=O) groups excluding carboxylic acids is 2. The van der Waals surface area contributed by atoms with Gasteiger partial charge in [0.15, 0.2) is 0 Å². The van der Waals surface area contributed by atoms with Gasteiger partial charge in [-0.05, 0) is 30.7 Å². The van der Waals surface area contributed by atoms with Gasteiger partial charge in [-0.15, -0.1) is 0 Å². The Morgan fingerprint density at radius 2 is 2.00 bits per heavy atom. The molecular formula is C19H20ClN3O4. The molecule has 27 heavy (non-hydrogen) atoms. The molecule has 0 bridgehead atoms. The van der Waals surface area contributed by atoms with Gasteiger partial charge in [0.1, 0.15) is 11.8 Å². The number of benzene rings is 2. The number of rotatable bonds is 7. The third kappa shape index (κ3) is 6.63. The van der Waals surface area contributed by atoms with E-state index < -0.39 is 18.0 Å². The summed E-state index contributed by atoms with van der Waals surface area (Å²) in [7, 11) is 0. The van der Waals surface area contributed by atoms with E-state index in [0.29, 0.717) is 10.6 Å². The topological polar surface area (TPSA) is 100 Å². The molecule has 0 spiro atoms. The van der Waals surface area contributed by atoms with E-state index in [9.17, 15) is 14.7 Å². The van der Waals surface area contributed by atoms with E-state index in [-0.39, 0.29) is 18.8 Å². The van der Waals surface area contributed by atoms with Crippen LogP contribution in [0.4, 0.5) is 4.79 Å². The maximum absolute atomic E-state index is 12.4. The van der Waals surface area contributed by atoms with E-state index in [4.69, 9.17) is 16.3 Å². The van der Waals surface area contributed by atoms with E-state index in [1.165, 1.54) is 24.4 Å². The molecular weight excluding hydrogens is 370 g/mol. The molecule has 0 aliphatic carbocycles. The molecule has 3 N–H and O–H groups in total. The number of hydrogen-bond donors (Lipinski definition) is 3. The van der Waals surface area contributed by atoms with Gasteiger partial charge in [0, 0.05) is 17.0 Å². The number of hydrazone groups is 1. The number of halogens is 1. The number of amides is 2. The van der Waals surface area contributed by atoms with Crippen LogP contribution >= 0.6 is 11.6 Å². The zero-order valence-corrected chi connectivity index (χ0v) is 15.4. The molecule has 0 unspecified atom stereocenters. The van der Waals surface area contributed by atoms with Gasteiger partial charge in [0.05, 0.1) is 12.8 Å². The minimum Gasteiger partial charge on any atom is -0.507 e. The quantitative estimate of drug-likeness (QED) is 0.500. The molecule has 2 amide bonds. The first kappa shape index (κ1) is 20.3. The fourth-order valence-electron chi connectivity index (χ4n) is 2.25. The molecule has 0 saturated heterocycles. The molecule has 8 heteroatoms. The highest BCUT2D eigenvalue weighted by atomic mass is 35.5. The number of ether oxygens (including phenoxy) is 1. The number of hydrogen-bond acceptors (Lipinski definition) is 5. The minimum absolute atomic E-state index is 0.0251. The normalized spacial score (nSPS) is 11.8. The van der Waals surface area contributed by atoms with Gasteiger partial charge < -0.3 is 15.2 Å². The monoisotopic (exact) mass is 389 g/mol. The Morgan fingerprint density at radius 1 is 1.26 bits per heavy atom. The molecule has 2 rings (SSSR count). The Hall–Kier alpha value is -3.06. The molecule has 142 valence electrons. The number of phenolic OH excluding ortho intramolecular Hbond substituents is 1. The average molecular weight is 390 g/mol. The van der Waals surface area contributed by atoms with E-state index in [1.54, 1.807) is 6.92 Å². The van der Waals surface area contributed by atoms with Gasteiger partial charge >= 0.3 is 6.09 Å². The largest absolute Gasteiger partial charge is 0.507 e. The number of carbonyl (C=O) groups is 2. The van der Waals surface area contributed by atoms with Gasteiger partial charge in [-0.25, -0.2) is 10.2 Å². The molecule has 0 saturated carbocycles. The standard InChI is InChI=1S/C19H20ClN3O4/c1-2-27-19(26)22-16(10-13-6-4-3-5-7-13)18(25)23-21-12-14-11-15(20)8-9-17(14)24/h3-9,11-12,16,24H,2,10H2,1H3,(H,22,26)(H,23,25)/b21-12-/t16-/m0/s1. The van der Waals surface area contributed by atoms with Crippen LogP contribution in [0.25, 0.3) is 0 Å². The summed E-state index contributed by atoms with van der Waals surface area (Å²) >= 11 is 5.86. The third-order valence-corrected chi connectivity index (χ3v) is 3.77. The summed E-state index contributed by atoms with van der Waals surface area (Å²) in [6.07, 6.45) is 0.844. The number of nitrogens with zero attached hydrogens (tertiary/aromatic N) is 1. The van der Waals surface area contributed by atoms with Gasteiger partial charge in [0.2, 0.25) is 0 Å². The van der Waals surface area contributed by atoms with Crippen molar-refractivity contribution in [2.24, 2.45) is 5.10 Å². The lowest BCUT2D eigenvalue weighted by atomic mass is 10.1. The van der Waals surface area contributed by atoms with Crippen LogP contribution < -0.4 is 10.7 Å². The van der Waals surface area contributed by atoms with Crippen molar-refractivity contribution in [3.8, 4) is 5.75 Å². The highest BCUT2D eigenvalue weighted by Crippen LogP contribution is 2.19. The first-order valence-corrected chi connectivity index (χ1v) is 8.66. The van der Waals surface area contributed by atoms with Crippen molar-refractivity contribution in [3.63, 3.8) is 0 Å². The van der Waals surface area contributed by atoms with Gasteiger partial charge in [0.25, 0.3) is 5.91 Å². The minimum atomic E-state index is -0.878. The van der Waals surface area contributed by atoms with Gasteiger partial charge in [-0.2, -0.15) is 5.10 Å². The molecule has 2 aromatic carbocycles. The van der Waals surface area contributed by atoms with E-state index in [0.717, 1.165) is 5.56 Å². The van der Waals surface area contributed by atoms with Crippen molar-refractivity contribution in [1.29, 1.82) is 0 Å². The van der Waals surface area contributed by atoms with Crippen LogP contribution in [0.3, 0.4) is 0 Å². The van der Waals surface area contributed by atoms with Crippen molar-refractivity contribution in [3.05, 3.63) is 64.7 Å². The molecule has 0 aliphatic heterocycles. The van der Waals surface area contributed by atoms with Crippen molar-refractivity contribution in [1.82, 2.24) is 10.7 Å². The molecule has 2 aromatic rings. The first-order valence-electron chi connectivity index (χ1n) is 8.28. The average Bonchev–Trinajstić information content (AvgIpc) is 2.65. The fourth-order valence-corrected chi connectivity index (χ4v) is 2.43. The second kappa shape index (κ2) is 10.2. The van der Waals surface area contributed by atoms with Gasteiger partial charge in [-0.1, -0.05) is 41.9 Å². The van der Waals surface area contributed by atoms with E-state index in [2.05, 4.69) is 15.8 Å². The van der Waals surface area contributed by atoms with E-state index in [1.807, 2.05) is 30.3 Å². The maximum atomic E-state index is 12.4.